The van der Waals surface area contributed by atoms with Gasteiger partial charge in [0.05, 0.1) is 11.8 Å². The van der Waals surface area contributed by atoms with Crippen molar-refractivity contribution in [2.75, 3.05) is 6.61 Å². The van der Waals surface area contributed by atoms with Crippen molar-refractivity contribution in [3.63, 3.8) is 0 Å². The molecule has 2 rings (SSSR count). The van der Waals surface area contributed by atoms with E-state index in [0.717, 1.165) is 19.4 Å². The molecule has 3 nitrogen and oxygen atoms in total. The van der Waals surface area contributed by atoms with Crippen LogP contribution in [0.5, 0.6) is 0 Å². The molecule has 70 valence electrons. The lowest BCUT2D eigenvalue weighted by Gasteiger charge is -2.16. The van der Waals surface area contributed by atoms with Crippen LogP contribution in [-0.4, -0.2) is 22.8 Å². The Morgan fingerprint density at radius 2 is 2.46 bits per heavy atom. The Bertz CT molecular complexity index is 257. The second-order valence-electron chi connectivity index (χ2n) is 3.25. The van der Waals surface area contributed by atoms with Crippen LogP contribution in [0.2, 0.25) is 0 Å². The van der Waals surface area contributed by atoms with E-state index >= 15 is 0 Å². The van der Waals surface area contributed by atoms with Crippen LogP contribution in [-0.2, 0) is 4.74 Å². The molecular weight excluding hydrogens is 166 g/mol. The standard InChI is InChI=1S/C10H13NO2/c12-10(9-5-3-7-13-9)8-4-1-2-6-11-8/h1-2,4,6,9-10,12H,3,5,7H2/t9-,10?/m1/s1. The highest BCUT2D eigenvalue weighted by atomic mass is 16.5. The van der Waals surface area contributed by atoms with Gasteiger partial charge in [0.2, 0.25) is 0 Å². The fourth-order valence-corrected chi connectivity index (χ4v) is 1.59. The van der Waals surface area contributed by atoms with Crippen molar-refractivity contribution < 1.29 is 9.84 Å². The van der Waals surface area contributed by atoms with E-state index in [-0.39, 0.29) is 6.10 Å². The van der Waals surface area contributed by atoms with Gasteiger partial charge in [-0.25, -0.2) is 0 Å². The minimum atomic E-state index is -0.566. The van der Waals surface area contributed by atoms with E-state index in [4.69, 9.17) is 4.74 Å². The second-order valence-corrected chi connectivity index (χ2v) is 3.25. The van der Waals surface area contributed by atoms with Crippen LogP contribution in [0, 0.1) is 0 Å². The van der Waals surface area contributed by atoms with E-state index in [1.807, 2.05) is 18.2 Å². The summed E-state index contributed by atoms with van der Waals surface area (Å²) in [6, 6.07) is 5.54. The molecule has 0 saturated carbocycles. The highest BCUT2D eigenvalue weighted by Crippen LogP contribution is 2.24. The molecule has 1 aromatic rings. The van der Waals surface area contributed by atoms with Gasteiger partial charge >= 0.3 is 0 Å². The van der Waals surface area contributed by atoms with Crippen LogP contribution in [0.15, 0.2) is 24.4 Å². The van der Waals surface area contributed by atoms with Gasteiger partial charge in [0.25, 0.3) is 0 Å². The molecule has 1 fully saturated rings. The van der Waals surface area contributed by atoms with Crippen LogP contribution in [0.3, 0.4) is 0 Å². The molecular formula is C10H13NO2. The zero-order chi connectivity index (χ0) is 9.10. The summed E-state index contributed by atoms with van der Waals surface area (Å²) >= 11 is 0. The Balaban J connectivity index is 2.08. The zero-order valence-corrected chi connectivity index (χ0v) is 7.39. The van der Waals surface area contributed by atoms with Crippen LogP contribution in [0.4, 0.5) is 0 Å². The first-order valence-electron chi connectivity index (χ1n) is 4.58. The zero-order valence-electron chi connectivity index (χ0n) is 7.39. The Morgan fingerprint density at radius 3 is 3.08 bits per heavy atom. The molecule has 0 aliphatic carbocycles. The minimum absolute atomic E-state index is 0.0603. The van der Waals surface area contributed by atoms with E-state index < -0.39 is 6.10 Å². The summed E-state index contributed by atoms with van der Waals surface area (Å²) in [4.78, 5) is 4.09. The molecule has 0 bridgehead atoms. The van der Waals surface area contributed by atoms with Gasteiger partial charge in [-0.3, -0.25) is 4.98 Å². The largest absolute Gasteiger partial charge is 0.384 e. The fourth-order valence-electron chi connectivity index (χ4n) is 1.59. The molecule has 0 radical (unpaired) electrons. The van der Waals surface area contributed by atoms with Gasteiger partial charge in [-0.05, 0) is 25.0 Å². The molecule has 1 saturated heterocycles. The molecule has 1 N–H and O–H groups in total. The maximum absolute atomic E-state index is 9.83. The molecule has 13 heavy (non-hydrogen) atoms. The number of hydrogen-bond acceptors (Lipinski definition) is 3. The van der Waals surface area contributed by atoms with Gasteiger partial charge < -0.3 is 9.84 Å². The van der Waals surface area contributed by atoms with Crippen LogP contribution < -0.4 is 0 Å². The predicted molar refractivity (Wildman–Crippen MR) is 48.2 cm³/mol. The van der Waals surface area contributed by atoms with Crippen molar-refractivity contribution >= 4 is 0 Å². The van der Waals surface area contributed by atoms with Gasteiger partial charge in [-0.1, -0.05) is 6.07 Å². The third kappa shape index (κ3) is 1.87. The van der Waals surface area contributed by atoms with Crippen molar-refractivity contribution in [2.45, 2.75) is 25.0 Å². The Labute approximate surface area is 77.4 Å². The van der Waals surface area contributed by atoms with Crippen molar-refractivity contribution in [2.24, 2.45) is 0 Å². The van der Waals surface area contributed by atoms with Crippen LogP contribution >= 0.6 is 0 Å². The number of aromatic nitrogens is 1. The summed E-state index contributed by atoms with van der Waals surface area (Å²) in [5, 5.41) is 9.83. The number of nitrogens with zero attached hydrogens (tertiary/aromatic N) is 1. The minimum Gasteiger partial charge on any atom is -0.384 e. The highest BCUT2D eigenvalue weighted by Gasteiger charge is 2.25. The molecule has 1 aliphatic heterocycles. The lowest BCUT2D eigenvalue weighted by molar-refractivity contribution is -0.00470. The quantitative estimate of drug-likeness (QED) is 0.744. The highest BCUT2D eigenvalue weighted by molar-refractivity contribution is 5.08. The average molecular weight is 179 g/mol. The molecule has 1 unspecified atom stereocenters. The lowest BCUT2D eigenvalue weighted by atomic mass is 10.1. The van der Waals surface area contributed by atoms with Crippen molar-refractivity contribution in [3.8, 4) is 0 Å². The smallest absolute Gasteiger partial charge is 0.122 e. The van der Waals surface area contributed by atoms with Crippen LogP contribution in [0.1, 0.15) is 24.6 Å². The normalized spacial score (nSPS) is 24.5. The first kappa shape index (κ1) is 8.66. The third-order valence-corrected chi connectivity index (χ3v) is 2.31. The number of aliphatic hydroxyl groups is 1. The Morgan fingerprint density at radius 1 is 1.54 bits per heavy atom. The summed E-state index contributed by atoms with van der Waals surface area (Å²) in [5.74, 6) is 0. The van der Waals surface area contributed by atoms with Crippen molar-refractivity contribution in [1.82, 2.24) is 4.98 Å². The van der Waals surface area contributed by atoms with Gasteiger partial charge in [0, 0.05) is 12.8 Å². The maximum atomic E-state index is 9.83. The van der Waals surface area contributed by atoms with Gasteiger partial charge in [-0.15, -0.1) is 0 Å². The molecule has 2 heterocycles. The SMILES string of the molecule is OC(c1ccccn1)[C@H]1CCCO1. The Hall–Kier alpha value is -0.930. The number of ether oxygens (including phenoxy) is 1. The van der Waals surface area contributed by atoms with Gasteiger partial charge in [0.1, 0.15) is 6.10 Å². The predicted octanol–water partition coefficient (Wildman–Crippen LogP) is 1.29. The maximum Gasteiger partial charge on any atom is 0.122 e. The number of pyridine rings is 1. The molecule has 2 atom stereocenters. The molecule has 3 heteroatoms. The van der Waals surface area contributed by atoms with Crippen LogP contribution in [0.25, 0.3) is 0 Å². The average Bonchev–Trinajstić information content (AvgIpc) is 2.71. The van der Waals surface area contributed by atoms with Gasteiger partial charge in [-0.2, -0.15) is 0 Å². The van der Waals surface area contributed by atoms with E-state index in [1.165, 1.54) is 0 Å². The van der Waals surface area contributed by atoms with Crippen molar-refractivity contribution in [1.29, 1.82) is 0 Å². The summed E-state index contributed by atoms with van der Waals surface area (Å²) in [7, 11) is 0. The summed E-state index contributed by atoms with van der Waals surface area (Å²) in [5.41, 5.74) is 0.703. The van der Waals surface area contributed by atoms with E-state index in [1.54, 1.807) is 6.20 Å². The van der Waals surface area contributed by atoms with Crippen molar-refractivity contribution in [3.05, 3.63) is 30.1 Å². The summed E-state index contributed by atoms with van der Waals surface area (Å²) < 4.78 is 5.38. The molecule has 0 spiro atoms. The number of hydrogen-bond donors (Lipinski definition) is 1. The number of aliphatic hydroxyl groups excluding tert-OH is 1. The molecule has 0 amide bonds. The first-order valence-corrected chi connectivity index (χ1v) is 4.58. The summed E-state index contributed by atoms with van der Waals surface area (Å²) in [6.07, 6.45) is 3.03. The third-order valence-electron chi connectivity index (χ3n) is 2.31. The van der Waals surface area contributed by atoms with E-state index in [2.05, 4.69) is 4.98 Å². The first-order chi connectivity index (χ1) is 6.38. The fraction of sp³-hybridized carbons (Fsp3) is 0.500. The summed E-state index contributed by atoms with van der Waals surface area (Å²) in [6.45, 7) is 0.758. The van der Waals surface area contributed by atoms with E-state index in [9.17, 15) is 5.11 Å². The van der Waals surface area contributed by atoms with Gasteiger partial charge in [0.15, 0.2) is 0 Å². The molecule has 0 aromatic carbocycles. The monoisotopic (exact) mass is 179 g/mol. The topological polar surface area (TPSA) is 42.4 Å². The second kappa shape index (κ2) is 3.85. The molecule has 1 aromatic heterocycles. The lowest BCUT2D eigenvalue weighted by Crippen LogP contribution is -2.17. The Kier molecular flexibility index (Phi) is 2.57. The number of rotatable bonds is 2. The van der Waals surface area contributed by atoms with E-state index in [0.29, 0.717) is 5.69 Å². The molecule has 1 aliphatic rings.